The molecule has 0 amide bonds. The number of halogens is 4. The first-order valence-corrected chi connectivity index (χ1v) is 12.7. The van der Waals surface area contributed by atoms with Crippen LogP contribution in [-0.2, 0) is 4.79 Å². The number of aromatic nitrogens is 4. The van der Waals surface area contributed by atoms with Crippen molar-refractivity contribution in [1.82, 2.24) is 25.1 Å². The summed E-state index contributed by atoms with van der Waals surface area (Å²) in [5, 5.41) is 16.8. The number of piperidine rings is 1. The van der Waals surface area contributed by atoms with Crippen molar-refractivity contribution in [3.05, 3.63) is 52.8 Å². The van der Waals surface area contributed by atoms with E-state index in [1.807, 2.05) is 4.90 Å². The van der Waals surface area contributed by atoms with Crippen molar-refractivity contribution in [2.45, 2.75) is 44.5 Å². The highest BCUT2D eigenvalue weighted by Crippen LogP contribution is 2.42. The lowest BCUT2D eigenvalue weighted by molar-refractivity contribution is -0.198. The summed E-state index contributed by atoms with van der Waals surface area (Å²) in [5.74, 6) is -1.09. The molecular weight excluding hydrogens is 539 g/mol. The molecule has 2 atom stereocenters. The van der Waals surface area contributed by atoms with E-state index in [2.05, 4.69) is 20.4 Å². The van der Waals surface area contributed by atoms with E-state index in [-0.39, 0.29) is 39.3 Å². The number of anilines is 2. The van der Waals surface area contributed by atoms with Crippen LogP contribution in [-0.4, -0.2) is 62.7 Å². The van der Waals surface area contributed by atoms with Crippen LogP contribution in [0, 0.1) is 12.3 Å². The second kappa shape index (κ2) is 10.2. The van der Waals surface area contributed by atoms with Crippen LogP contribution in [0.5, 0.6) is 5.88 Å². The molecule has 3 aromatic rings. The van der Waals surface area contributed by atoms with Gasteiger partial charge in [-0.2, -0.15) is 28.2 Å². The molecule has 2 fully saturated rings. The first-order valence-electron chi connectivity index (χ1n) is 12.3. The molecule has 2 aromatic heterocycles. The van der Waals surface area contributed by atoms with E-state index in [4.69, 9.17) is 22.1 Å². The van der Waals surface area contributed by atoms with Crippen LogP contribution >= 0.6 is 11.6 Å². The van der Waals surface area contributed by atoms with E-state index in [1.165, 1.54) is 22.9 Å². The molecule has 4 N–H and O–H groups in total. The molecule has 0 bridgehead atoms. The van der Waals surface area contributed by atoms with Crippen LogP contribution in [0.3, 0.4) is 0 Å². The Bertz CT molecular complexity index is 1380. The Morgan fingerprint density at radius 1 is 1.26 bits per heavy atom. The quantitative estimate of drug-likeness (QED) is 0.407. The summed E-state index contributed by atoms with van der Waals surface area (Å²) in [6.07, 6.45) is -3.77. The molecule has 1 spiro atoms. The predicted octanol–water partition coefficient (Wildman–Crippen LogP) is 3.92. The van der Waals surface area contributed by atoms with Gasteiger partial charge in [-0.3, -0.25) is 4.79 Å². The minimum atomic E-state index is -4.81. The van der Waals surface area contributed by atoms with Gasteiger partial charge in [0.05, 0.1) is 11.4 Å². The number of hydrogen-bond donors (Lipinski definition) is 3. The minimum absolute atomic E-state index is 0.0382. The van der Waals surface area contributed by atoms with Crippen LogP contribution in [0.4, 0.5) is 24.9 Å². The molecule has 2 saturated heterocycles. The van der Waals surface area contributed by atoms with Gasteiger partial charge in [0.1, 0.15) is 11.9 Å². The fourth-order valence-electron chi connectivity index (χ4n) is 5.20. The Labute approximate surface area is 226 Å². The predicted molar refractivity (Wildman–Crippen MR) is 137 cm³/mol. The van der Waals surface area contributed by atoms with E-state index in [0.717, 1.165) is 6.07 Å². The van der Waals surface area contributed by atoms with Gasteiger partial charge < -0.3 is 25.8 Å². The summed E-state index contributed by atoms with van der Waals surface area (Å²) < 4.78 is 49.9. The van der Waals surface area contributed by atoms with Crippen molar-refractivity contribution in [3.63, 3.8) is 0 Å². The monoisotopic (exact) mass is 565 g/mol. The van der Waals surface area contributed by atoms with Crippen LogP contribution < -0.4 is 20.7 Å². The van der Waals surface area contributed by atoms with E-state index in [0.29, 0.717) is 44.6 Å². The van der Waals surface area contributed by atoms with Gasteiger partial charge in [0.25, 0.3) is 0 Å². The summed E-state index contributed by atoms with van der Waals surface area (Å²) in [6, 6.07) is 6.24. The maximum Gasteiger partial charge on any atom is 0.429 e. The molecule has 0 radical (unpaired) electrons. The number of rotatable bonds is 6. The fraction of sp³-hybridized carbons (Fsp3) is 0.440. The second-order valence-electron chi connectivity index (χ2n) is 10.0. The zero-order valence-electron chi connectivity index (χ0n) is 21.0. The lowest BCUT2D eigenvalue weighted by Crippen LogP contribution is -2.42. The number of nitrogens with zero attached hydrogens (tertiary/aromatic N) is 5. The Hall–Kier alpha value is -3.58. The second-order valence-corrected chi connectivity index (χ2v) is 10.5. The third kappa shape index (κ3) is 5.74. The number of nitrogens with two attached hydrogens (primary N) is 1. The molecule has 2 aliphatic heterocycles. The Balaban J connectivity index is 1.40. The smallest absolute Gasteiger partial charge is 0.429 e. The van der Waals surface area contributed by atoms with Gasteiger partial charge >= 0.3 is 12.1 Å². The van der Waals surface area contributed by atoms with Crippen molar-refractivity contribution in [2.24, 2.45) is 5.41 Å². The van der Waals surface area contributed by atoms with Crippen LogP contribution in [0.1, 0.15) is 36.6 Å². The van der Waals surface area contributed by atoms with Crippen LogP contribution in [0.2, 0.25) is 5.02 Å². The molecule has 0 saturated carbocycles. The van der Waals surface area contributed by atoms with Gasteiger partial charge in [0.15, 0.2) is 0 Å². The summed E-state index contributed by atoms with van der Waals surface area (Å²) in [6.45, 7) is 3.31. The number of aryl methyl sites for hydroxylation is 1. The van der Waals surface area contributed by atoms with E-state index >= 15 is 0 Å². The molecule has 0 aliphatic carbocycles. The average Bonchev–Trinajstić information content (AvgIpc) is 3.49. The maximum absolute atomic E-state index is 14.4. The molecule has 1 aromatic carbocycles. The lowest BCUT2D eigenvalue weighted by Gasteiger charge is -2.39. The lowest BCUT2D eigenvalue weighted by atomic mass is 9.76. The topological polar surface area (TPSA) is 131 Å². The highest BCUT2D eigenvalue weighted by Gasteiger charge is 2.46. The molecule has 1 unspecified atom stereocenters. The van der Waals surface area contributed by atoms with E-state index in [1.54, 1.807) is 19.2 Å². The van der Waals surface area contributed by atoms with Crippen molar-refractivity contribution in [3.8, 4) is 11.6 Å². The van der Waals surface area contributed by atoms with Crippen LogP contribution in [0.25, 0.3) is 5.69 Å². The Kier molecular flexibility index (Phi) is 7.06. The fourth-order valence-corrected chi connectivity index (χ4v) is 5.37. The number of aliphatic carboxylic acids is 1. The van der Waals surface area contributed by atoms with Crippen LogP contribution in [0.15, 0.2) is 36.5 Å². The third-order valence-corrected chi connectivity index (χ3v) is 7.49. The number of hydrogen-bond acceptors (Lipinski definition) is 8. The first kappa shape index (κ1) is 27.0. The summed E-state index contributed by atoms with van der Waals surface area (Å²) in [5.41, 5.74) is 6.34. The number of nitrogen functional groups attached to an aromatic ring is 1. The first-order chi connectivity index (χ1) is 18.4. The molecule has 14 heteroatoms. The summed E-state index contributed by atoms with van der Waals surface area (Å²) >= 11 is 6.11. The molecular formula is C25H27ClF3N7O3. The number of nitrogens with one attached hydrogen (secondary N) is 1. The third-order valence-electron chi connectivity index (χ3n) is 7.26. The largest absolute Gasteiger partial charge is 0.480 e. The highest BCUT2D eigenvalue weighted by atomic mass is 35.5. The molecule has 4 heterocycles. The van der Waals surface area contributed by atoms with Gasteiger partial charge in [-0.25, -0.2) is 4.68 Å². The number of benzene rings is 1. The molecule has 39 heavy (non-hydrogen) atoms. The number of carbonyl (C=O) groups is 1. The van der Waals surface area contributed by atoms with Gasteiger partial charge in [-0.15, -0.1) is 0 Å². The SMILES string of the molecule is Cc1ccn(-c2cc(Cl)ccc2[C@@H](Oc2cc(N)nc(N3CCC4(CC3)CNC(C(=O)O)C4)n2)C(F)(F)F)n1. The standard InChI is InChI=1S/C25H27ClF3N7O3/c1-14-4-7-36(34-14)18-10-15(26)2-3-16(18)21(25(27,28)29)39-20-11-19(30)32-23(33-20)35-8-5-24(6-9-35)12-17(22(37)38)31-13-24/h2-4,7,10-11,17,21,31H,5-6,8-9,12-13H2,1H3,(H,37,38)(H2,30,32,33)/t17?,21-/m1/s1. The van der Waals surface area contributed by atoms with Crippen molar-refractivity contribution in [1.29, 1.82) is 0 Å². The molecule has 208 valence electrons. The number of carboxylic acid groups (broad SMARTS) is 1. The zero-order valence-corrected chi connectivity index (χ0v) is 21.7. The van der Waals surface area contributed by atoms with Gasteiger partial charge in [-0.05, 0) is 49.8 Å². The van der Waals surface area contributed by atoms with Crippen molar-refractivity contribution >= 4 is 29.3 Å². The molecule has 10 nitrogen and oxygen atoms in total. The maximum atomic E-state index is 14.4. The van der Waals surface area contributed by atoms with E-state index in [9.17, 15) is 23.1 Å². The van der Waals surface area contributed by atoms with Gasteiger partial charge in [0.2, 0.25) is 17.9 Å². The number of alkyl halides is 3. The molecule has 2 aliphatic rings. The van der Waals surface area contributed by atoms with Gasteiger partial charge in [-0.1, -0.05) is 17.7 Å². The van der Waals surface area contributed by atoms with E-state index < -0.39 is 24.3 Å². The Morgan fingerprint density at radius 2 is 2.00 bits per heavy atom. The Morgan fingerprint density at radius 3 is 2.62 bits per heavy atom. The van der Waals surface area contributed by atoms with Crippen molar-refractivity contribution in [2.75, 3.05) is 30.3 Å². The van der Waals surface area contributed by atoms with Gasteiger partial charge in [0, 0.05) is 42.5 Å². The highest BCUT2D eigenvalue weighted by molar-refractivity contribution is 6.30. The average molecular weight is 566 g/mol. The summed E-state index contributed by atoms with van der Waals surface area (Å²) in [4.78, 5) is 21.7. The van der Waals surface area contributed by atoms with Crippen molar-refractivity contribution < 1.29 is 27.8 Å². The number of carboxylic acids is 1. The normalized spacial score (nSPS) is 19.8. The zero-order chi connectivity index (χ0) is 27.9. The summed E-state index contributed by atoms with van der Waals surface area (Å²) in [7, 11) is 0. The minimum Gasteiger partial charge on any atom is -0.480 e. The molecule has 5 rings (SSSR count). The number of ether oxygens (including phenoxy) is 1.